The fourth-order valence-corrected chi connectivity index (χ4v) is 3.05. The van der Waals surface area contributed by atoms with Crippen molar-refractivity contribution < 1.29 is 14.3 Å². The van der Waals surface area contributed by atoms with Gasteiger partial charge >= 0.3 is 0 Å². The van der Waals surface area contributed by atoms with Gasteiger partial charge in [-0.2, -0.15) is 0 Å². The Kier molecular flexibility index (Phi) is 5.51. The van der Waals surface area contributed by atoms with E-state index in [1.165, 1.54) is 11.3 Å². The molecule has 0 unspecified atom stereocenters. The van der Waals surface area contributed by atoms with Crippen LogP contribution < -0.4 is 9.47 Å². The van der Waals surface area contributed by atoms with E-state index in [-0.39, 0.29) is 5.78 Å². The molecule has 0 saturated carbocycles. The molecular weight excluding hydrogens is 331 g/mol. The predicted octanol–water partition coefficient (Wildman–Crippen LogP) is 5.08. The molecule has 2 rings (SSSR count). The van der Waals surface area contributed by atoms with Crippen molar-refractivity contribution in [1.29, 1.82) is 0 Å². The van der Waals surface area contributed by atoms with Crippen LogP contribution in [-0.2, 0) is 0 Å². The highest BCUT2D eigenvalue weighted by Gasteiger charge is 2.19. The number of rotatable bonds is 6. The lowest BCUT2D eigenvalue weighted by atomic mass is 10.1. The monoisotopic (exact) mass is 344 g/mol. The van der Waals surface area contributed by atoms with Gasteiger partial charge in [0.1, 0.15) is 0 Å². The Hall–Kier alpha value is -1.23. The van der Waals surface area contributed by atoms with Gasteiger partial charge in [0.2, 0.25) is 5.78 Å². The Labute approximate surface area is 137 Å². The molecule has 0 aliphatic carbocycles. The highest BCUT2D eigenvalue weighted by atomic mass is 35.5. The minimum atomic E-state index is -0.180. The fourth-order valence-electron chi connectivity index (χ4n) is 1.81. The Morgan fingerprint density at radius 2 is 1.71 bits per heavy atom. The summed E-state index contributed by atoms with van der Waals surface area (Å²) >= 11 is 13.3. The number of ketones is 1. The van der Waals surface area contributed by atoms with Gasteiger partial charge in [-0.1, -0.05) is 23.2 Å². The molecule has 0 amide bonds. The van der Waals surface area contributed by atoms with Crippen LogP contribution >= 0.6 is 34.5 Å². The van der Waals surface area contributed by atoms with E-state index in [4.69, 9.17) is 32.7 Å². The van der Waals surface area contributed by atoms with Gasteiger partial charge in [-0.15, -0.1) is 11.3 Å². The third-order valence-corrected chi connectivity index (χ3v) is 4.22. The van der Waals surface area contributed by atoms with Crippen molar-refractivity contribution in [1.82, 2.24) is 0 Å². The molecule has 0 aliphatic heterocycles. The van der Waals surface area contributed by atoms with Crippen LogP contribution in [0.1, 0.15) is 29.1 Å². The van der Waals surface area contributed by atoms with E-state index in [1.54, 1.807) is 24.3 Å². The lowest BCUT2D eigenvalue weighted by Gasteiger charge is -2.13. The highest BCUT2D eigenvalue weighted by Crippen LogP contribution is 2.35. The average Bonchev–Trinajstić information content (AvgIpc) is 2.88. The molecule has 6 heteroatoms. The first-order valence-corrected chi connectivity index (χ1v) is 8.03. The van der Waals surface area contributed by atoms with Gasteiger partial charge in [0.05, 0.1) is 27.4 Å². The first-order valence-electron chi connectivity index (χ1n) is 6.46. The predicted molar refractivity (Wildman–Crippen MR) is 86.6 cm³/mol. The Balaban J connectivity index is 2.43. The van der Waals surface area contributed by atoms with Crippen LogP contribution in [0.15, 0.2) is 24.3 Å². The summed E-state index contributed by atoms with van der Waals surface area (Å²) in [4.78, 5) is 13.0. The van der Waals surface area contributed by atoms with Crippen molar-refractivity contribution in [3.8, 4) is 11.5 Å². The van der Waals surface area contributed by atoms with Crippen LogP contribution in [-0.4, -0.2) is 19.0 Å². The topological polar surface area (TPSA) is 35.5 Å². The second kappa shape index (κ2) is 7.16. The number of hydrogen-bond acceptors (Lipinski definition) is 4. The molecule has 112 valence electrons. The van der Waals surface area contributed by atoms with E-state index < -0.39 is 0 Å². The zero-order valence-electron chi connectivity index (χ0n) is 11.6. The zero-order chi connectivity index (χ0) is 15.4. The number of halogens is 2. The number of ether oxygens (including phenoxy) is 2. The van der Waals surface area contributed by atoms with Crippen LogP contribution in [0.3, 0.4) is 0 Å². The molecule has 0 radical (unpaired) electrons. The Morgan fingerprint density at radius 3 is 2.24 bits per heavy atom. The van der Waals surface area contributed by atoms with Crippen molar-refractivity contribution in [3.05, 3.63) is 44.1 Å². The second-order valence-corrected chi connectivity index (χ2v) is 6.20. The molecule has 1 aromatic heterocycles. The summed E-state index contributed by atoms with van der Waals surface area (Å²) in [6.07, 6.45) is 0. The van der Waals surface area contributed by atoms with Gasteiger partial charge in [0.15, 0.2) is 11.5 Å². The summed E-state index contributed by atoms with van der Waals surface area (Å²) in [5.74, 6) is 0.862. The largest absolute Gasteiger partial charge is 0.490 e. The number of benzene rings is 1. The maximum atomic E-state index is 12.5. The summed E-state index contributed by atoms with van der Waals surface area (Å²) in [7, 11) is 0. The van der Waals surface area contributed by atoms with E-state index in [0.717, 1.165) is 0 Å². The van der Waals surface area contributed by atoms with Crippen LogP contribution in [0.4, 0.5) is 0 Å². The third-order valence-electron chi connectivity index (χ3n) is 2.67. The van der Waals surface area contributed by atoms with Gasteiger partial charge in [0.25, 0.3) is 0 Å². The highest BCUT2D eigenvalue weighted by molar-refractivity contribution is 7.18. The normalized spacial score (nSPS) is 10.5. The van der Waals surface area contributed by atoms with Gasteiger partial charge in [0, 0.05) is 11.6 Å². The molecule has 0 saturated heterocycles. The van der Waals surface area contributed by atoms with Crippen molar-refractivity contribution in [2.24, 2.45) is 0 Å². The van der Waals surface area contributed by atoms with Crippen molar-refractivity contribution in [2.45, 2.75) is 13.8 Å². The SMILES string of the molecule is CCOc1cc(Cl)c(C(=O)c2ccc(Cl)s2)cc1OCC. The molecular formula is C15H14Cl2O3S. The third kappa shape index (κ3) is 3.70. The van der Waals surface area contributed by atoms with E-state index in [9.17, 15) is 4.79 Å². The summed E-state index contributed by atoms with van der Waals surface area (Å²) in [6.45, 7) is 4.70. The van der Waals surface area contributed by atoms with Crippen molar-refractivity contribution >= 4 is 40.3 Å². The van der Waals surface area contributed by atoms with E-state index in [2.05, 4.69) is 0 Å². The van der Waals surface area contributed by atoms with Gasteiger partial charge < -0.3 is 9.47 Å². The molecule has 0 aliphatic rings. The van der Waals surface area contributed by atoms with Crippen LogP contribution in [0.25, 0.3) is 0 Å². The van der Waals surface area contributed by atoms with Crippen molar-refractivity contribution in [2.75, 3.05) is 13.2 Å². The number of carbonyl (C=O) groups is 1. The van der Waals surface area contributed by atoms with E-state index in [1.807, 2.05) is 13.8 Å². The lowest BCUT2D eigenvalue weighted by Crippen LogP contribution is -2.04. The summed E-state index contributed by atoms with van der Waals surface area (Å²) in [5, 5.41) is 0.330. The Morgan fingerprint density at radius 1 is 1.10 bits per heavy atom. The molecule has 1 heterocycles. The zero-order valence-corrected chi connectivity index (χ0v) is 13.9. The van der Waals surface area contributed by atoms with Crippen molar-refractivity contribution in [3.63, 3.8) is 0 Å². The molecule has 1 aromatic carbocycles. The maximum absolute atomic E-state index is 12.5. The summed E-state index contributed by atoms with van der Waals surface area (Å²) in [6, 6.07) is 6.60. The first kappa shape index (κ1) is 16.1. The molecule has 0 N–H and O–H groups in total. The van der Waals surface area contributed by atoms with Gasteiger partial charge in [-0.05, 0) is 32.0 Å². The Bertz CT molecular complexity index is 652. The quantitative estimate of drug-likeness (QED) is 0.685. The summed E-state index contributed by atoms with van der Waals surface area (Å²) < 4.78 is 11.6. The minimum absolute atomic E-state index is 0.180. The molecule has 0 spiro atoms. The number of carbonyl (C=O) groups excluding carboxylic acids is 1. The lowest BCUT2D eigenvalue weighted by molar-refractivity contribution is 0.104. The van der Waals surface area contributed by atoms with Crippen LogP contribution in [0, 0.1) is 0 Å². The number of hydrogen-bond donors (Lipinski definition) is 0. The molecule has 21 heavy (non-hydrogen) atoms. The van der Waals surface area contributed by atoms with Crippen LogP contribution in [0.2, 0.25) is 9.36 Å². The standard InChI is InChI=1S/C15H14Cl2O3S/c1-3-19-11-7-9(10(16)8-12(11)20-4-2)15(18)13-5-6-14(17)21-13/h5-8H,3-4H2,1-2H3. The first-order chi connectivity index (χ1) is 10.1. The van der Waals surface area contributed by atoms with E-state index in [0.29, 0.717) is 44.5 Å². The molecule has 0 bridgehead atoms. The minimum Gasteiger partial charge on any atom is -0.490 e. The molecule has 0 fully saturated rings. The maximum Gasteiger partial charge on any atom is 0.204 e. The molecule has 2 aromatic rings. The van der Waals surface area contributed by atoms with E-state index >= 15 is 0 Å². The second-order valence-electron chi connectivity index (χ2n) is 4.08. The van der Waals surface area contributed by atoms with Crippen LogP contribution in [0.5, 0.6) is 11.5 Å². The van der Waals surface area contributed by atoms with Gasteiger partial charge in [-0.3, -0.25) is 4.79 Å². The number of thiophene rings is 1. The molecule has 3 nitrogen and oxygen atoms in total. The van der Waals surface area contributed by atoms with Gasteiger partial charge in [-0.25, -0.2) is 0 Å². The smallest absolute Gasteiger partial charge is 0.204 e. The average molecular weight is 345 g/mol. The molecule has 0 atom stereocenters. The summed E-state index contributed by atoms with van der Waals surface area (Å²) in [5.41, 5.74) is 0.377. The fraction of sp³-hybridized carbons (Fsp3) is 0.267.